The van der Waals surface area contributed by atoms with E-state index in [9.17, 15) is 9.59 Å². The molecule has 0 atom stereocenters. The molecule has 4 N–H and O–H groups in total. The molecule has 0 bridgehead atoms. The first kappa shape index (κ1) is 27.9. The molecule has 0 unspecified atom stereocenters. The summed E-state index contributed by atoms with van der Waals surface area (Å²) in [6.07, 6.45) is 2.69. The molecular formula is C16H30O9. The zero-order valence-corrected chi connectivity index (χ0v) is 14.7. The number of aliphatic hydroxyl groups excluding tert-OH is 2. The fourth-order valence-electron chi connectivity index (χ4n) is 0.853. The van der Waals surface area contributed by atoms with Crippen LogP contribution in [0.5, 0.6) is 0 Å². The normalized spacial score (nSPS) is 8.92. The molecule has 0 aliphatic heterocycles. The second-order valence-corrected chi connectivity index (χ2v) is 4.14. The van der Waals surface area contributed by atoms with Crippen molar-refractivity contribution in [2.24, 2.45) is 0 Å². The summed E-state index contributed by atoms with van der Waals surface area (Å²) in [5.74, 6) is -2.24. The quantitative estimate of drug-likeness (QED) is 0.210. The van der Waals surface area contributed by atoms with Gasteiger partial charge in [0, 0.05) is 6.08 Å². The van der Waals surface area contributed by atoms with E-state index in [4.69, 9.17) is 34.6 Å². The number of rotatable bonds is 13. The summed E-state index contributed by atoms with van der Waals surface area (Å²) in [6.45, 7) is 10.3. The topological polar surface area (TPSA) is 143 Å². The Labute approximate surface area is 148 Å². The predicted octanol–water partition coefficient (Wildman–Crippen LogP) is 0.663. The Morgan fingerprint density at radius 2 is 1.40 bits per heavy atom. The second kappa shape index (κ2) is 24.3. The first-order chi connectivity index (χ1) is 11.9. The minimum Gasteiger partial charge on any atom is -0.487 e. The molecule has 0 aromatic carbocycles. The monoisotopic (exact) mass is 366 g/mol. The lowest BCUT2D eigenvalue weighted by atomic mass is 10.4. The maximum atomic E-state index is 10.1. The van der Waals surface area contributed by atoms with E-state index in [1.165, 1.54) is 0 Å². The first-order valence-corrected chi connectivity index (χ1v) is 7.64. The Morgan fingerprint density at radius 3 is 1.68 bits per heavy atom. The van der Waals surface area contributed by atoms with Gasteiger partial charge in [-0.3, -0.25) is 0 Å². The third-order valence-electron chi connectivity index (χ3n) is 2.03. The molecule has 0 amide bonds. The molecular weight excluding hydrogens is 336 g/mol. The maximum absolute atomic E-state index is 10.1. The van der Waals surface area contributed by atoms with E-state index in [0.717, 1.165) is 18.9 Å². The van der Waals surface area contributed by atoms with Gasteiger partial charge >= 0.3 is 11.9 Å². The molecule has 0 aliphatic rings. The van der Waals surface area contributed by atoms with E-state index in [-0.39, 0.29) is 19.0 Å². The minimum absolute atomic E-state index is 0.0417. The molecule has 0 fully saturated rings. The SMILES string of the molecule is C=C(OCCCC)C(=O)O.C=CC(=O)O.OCCOCCOCCO. The van der Waals surface area contributed by atoms with Crippen LogP contribution in [0, 0.1) is 0 Å². The number of aliphatic hydroxyl groups is 2. The lowest BCUT2D eigenvalue weighted by Crippen LogP contribution is -2.09. The van der Waals surface area contributed by atoms with Gasteiger partial charge in [0.05, 0.1) is 46.2 Å². The number of ether oxygens (including phenoxy) is 3. The Morgan fingerprint density at radius 1 is 0.960 bits per heavy atom. The number of unbranched alkanes of at least 4 members (excludes halogenated alkanes) is 1. The van der Waals surface area contributed by atoms with Crippen molar-refractivity contribution < 1.29 is 44.2 Å². The highest BCUT2D eigenvalue weighted by Crippen LogP contribution is 1.95. The van der Waals surface area contributed by atoms with Gasteiger partial charge in [-0.15, -0.1) is 0 Å². The molecule has 148 valence electrons. The predicted molar refractivity (Wildman–Crippen MR) is 91.3 cm³/mol. The summed E-state index contributed by atoms with van der Waals surface area (Å²) >= 11 is 0. The van der Waals surface area contributed by atoms with Gasteiger partial charge in [0.15, 0.2) is 5.76 Å². The van der Waals surface area contributed by atoms with E-state index >= 15 is 0 Å². The van der Waals surface area contributed by atoms with Crippen molar-refractivity contribution in [3.05, 3.63) is 25.0 Å². The summed E-state index contributed by atoms with van der Waals surface area (Å²) in [7, 11) is 0. The zero-order valence-electron chi connectivity index (χ0n) is 14.7. The highest BCUT2D eigenvalue weighted by molar-refractivity contribution is 5.83. The lowest BCUT2D eigenvalue weighted by molar-refractivity contribution is -0.136. The van der Waals surface area contributed by atoms with Crippen molar-refractivity contribution in [3.8, 4) is 0 Å². The van der Waals surface area contributed by atoms with Gasteiger partial charge < -0.3 is 34.6 Å². The van der Waals surface area contributed by atoms with E-state index < -0.39 is 11.9 Å². The van der Waals surface area contributed by atoms with Crippen LogP contribution in [0.2, 0.25) is 0 Å². The highest BCUT2D eigenvalue weighted by Gasteiger charge is 2.02. The molecule has 0 saturated heterocycles. The van der Waals surface area contributed by atoms with Crippen LogP contribution in [-0.2, 0) is 23.8 Å². The molecule has 0 aliphatic carbocycles. The maximum Gasteiger partial charge on any atom is 0.370 e. The van der Waals surface area contributed by atoms with Crippen LogP contribution < -0.4 is 0 Å². The van der Waals surface area contributed by atoms with Crippen molar-refractivity contribution in [1.82, 2.24) is 0 Å². The minimum atomic E-state index is -1.09. The van der Waals surface area contributed by atoms with Gasteiger partial charge in [0.1, 0.15) is 0 Å². The molecule has 0 aromatic rings. The molecule has 25 heavy (non-hydrogen) atoms. The van der Waals surface area contributed by atoms with Gasteiger partial charge in [-0.05, 0) is 13.0 Å². The van der Waals surface area contributed by atoms with E-state index in [2.05, 4.69) is 13.2 Å². The number of carboxylic acid groups (broad SMARTS) is 2. The van der Waals surface area contributed by atoms with Crippen molar-refractivity contribution in [2.45, 2.75) is 19.8 Å². The third-order valence-corrected chi connectivity index (χ3v) is 2.03. The molecule has 0 spiro atoms. The number of hydrogen-bond acceptors (Lipinski definition) is 7. The zero-order chi connectivity index (χ0) is 19.9. The van der Waals surface area contributed by atoms with Crippen LogP contribution in [0.3, 0.4) is 0 Å². The van der Waals surface area contributed by atoms with E-state index in [1.807, 2.05) is 6.92 Å². The molecule has 0 saturated carbocycles. The van der Waals surface area contributed by atoms with Crippen molar-refractivity contribution in [3.63, 3.8) is 0 Å². The Kier molecular flexibility index (Phi) is 27.1. The first-order valence-electron chi connectivity index (χ1n) is 7.64. The Balaban J connectivity index is -0.000000308. The van der Waals surface area contributed by atoms with Gasteiger partial charge in [-0.2, -0.15) is 0 Å². The van der Waals surface area contributed by atoms with Crippen LogP contribution in [0.15, 0.2) is 25.0 Å². The number of aliphatic carboxylic acids is 2. The summed E-state index contributed by atoms with van der Waals surface area (Å²) < 4.78 is 14.5. The van der Waals surface area contributed by atoms with Gasteiger partial charge in [-0.25, -0.2) is 9.59 Å². The molecule has 0 radical (unpaired) electrons. The summed E-state index contributed by atoms with van der Waals surface area (Å²) in [5, 5.41) is 32.4. The van der Waals surface area contributed by atoms with E-state index in [0.29, 0.717) is 33.0 Å². The van der Waals surface area contributed by atoms with Crippen LogP contribution in [0.1, 0.15) is 19.8 Å². The second-order valence-electron chi connectivity index (χ2n) is 4.14. The molecule has 0 aromatic heterocycles. The molecule has 0 rings (SSSR count). The van der Waals surface area contributed by atoms with Gasteiger partial charge in [0.25, 0.3) is 0 Å². The molecule has 9 heteroatoms. The highest BCUT2D eigenvalue weighted by atomic mass is 16.5. The summed E-state index contributed by atoms with van der Waals surface area (Å²) in [4.78, 5) is 19.3. The number of hydrogen-bond donors (Lipinski definition) is 4. The van der Waals surface area contributed by atoms with E-state index in [1.54, 1.807) is 0 Å². The average molecular weight is 366 g/mol. The van der Waals surface area contributed by atoms with Gasteiger partial charge in [0.2, 0.25) is 0 Å². The Hall–Kier alpha value is -1.94. The standard InChI is InChI=1S/C7H12O3.C6H14O4.C3H4O2/c1-3-4-5-10-6(2)7(8)9;7-1-3-9-5-6-10-4-2-8;1-2-3(4)5/h2-5H2,1H3,(H,8,9);7-8H,1-6H2;2H,1H2,(H,4,5). The van der Waals surface area contributed by atoms with Crippen molar-refractivity contribution >= 4 is 11.9 Å². The van der Waals surface area contributed by atoms with Crippen LogP contribution in [0.25, 0.3) is 0 Å². The summed E-state index contributed by atoms with van der Waals surface area (Å²) in [5.41, 5.74) is 0. The lowest BCUT2D eigenvalue weighted by Gasteiger charge is -2.02. The Bertz CT molecular complexity index is 334. The van der Waals surface area contributed by atoms with Crippen molar-refractivity contribution in [2.75, 3.05) is 46.2 Å². The number of carbonyl (C=O) groups is 2. The smallest absolute Gasteiger partial charge is 0.370 e. The summed E-state index contributed by atoms with van der Waals surface area (Å²) in [6, 6.07) is 0. The average Bonchev–Trinajstić information content (AvgIpc) is 2.59. The third kappa shape index (κ3) is 34.4. The largest absolute Gasteiger partial charge is 0.487 e. The fourth-order valence-corrected chi connectivity index (χ4v) is 0.853. The van der Waals surface area contributed by atoms with Crippen LogP contribution >= 0.6 is 0 Å². The number of carboxylic acids is 2. The van der Waals surface area contributed by atoms with Crippen LogP contribution in [0.4, 0.5) is 0 Å². The fraction of sp³-hybridized carbons (Fsp3) is 0.625. The van der Waals surface area contributed by atoms with Crippen molar-refractivity contribution in [1.29, 1.82) is 0 Å². The van der Waals surface area contributed by atoms with Crippen LogP contribution in [-0.4, -0.2) is 78.6 Å². The van der Waals surface area contributed by atoms with Gasteiger partial charge in [-0.1, -0.05) is 19.9 Å². The molecule has 0 heterocycles. The molecule has 9 nitrogen and oxygen atoms in total.